The Kier molecular flexibility index (Phi) is 2.88. The average Bonchev–Trinajstić information content (AvgIpc) is 2.64. The standard InChI is InChI=1S/C13H16N2O4/c16-10-6-5-9(11(17)14-10)15-12(18)7-3-1-2-4-8(7)13(15)19/h7-9H,1-6H2,(H,14,16,17)/t7-,8+,9-/m1/s1. The molecule has 6 nitrogen and oxygen atoms in total. The maximum Gasteiger partial charge on any atom is 0.249 e. The predicted octanol–water partition coefficient (Wildman–Crippen LogP) is -0.0332. The van der Waals surface area contributed by atoms with Gasteiger partial charge in [-0.15, -0.1) is 0 Å². The Morgan fingerprint density at radius 3 is 2.00 bits per heavy atom. The fourth-order valence-electron chi connectivity index (χ4n) is 3.42. The number of hydrogen-bond donors (Lipinski definition) is 1. The molecule has 1 saturated carbocycles. The molecule has 0 aromatic carbocycles. The van der Waals surface area contributed by atoms with E-state index in [9.17, 15) is 19.2 Å². The van der Waals surface area contributed by atoms with Crippen molar-refractivity contribution in [3.63, 3.8) is 0 Å². The van der Waals surface area contributed by atoms with Gasteiger partial charge in [0.15, 0.2) is 0 Å². The third-order valence-corrected chi connectivity index (χ3v) is 4.40. The van der Waals surface area contributed by atoms with E-state index in [-0.39, 0.29) is 42.4 Å². The highest BCUT2D eigenvalue weighted by Gasteiger charge is 2.52. The van der Waals surface area contributed by atoms with Gasteiger partial charge in [0.05, 0.1) is 11.8 Å². The molecule has 0 bridgehead atoms. The molecule has 2 saturated heterocycles. The molecule has 2 aliphatic heterocycles. The molecule has 0 unspecified atom stereocenters. The normalized spacial score (nSPS) is 35.4. The van der Waals surface area contributed by atoms with Crippen LogP contribution in [0.4, 0.5) is 0 Å². The summed E-state index contributed by atoms with van der Waals surface area (Å²) in [7, 11) is 0. The highest BCUT2D eigenvalue weighted by molar-refractivity contribution is 6.10. The Balaban J connectivity index is 1.84. The van der Waals surface area contributed by atoms with Crippen molar-refractivity contribution in [1.29, 1.82) is 0 Å². The number of rotatable bonds is 1. The van der Waals surface area contributed by atoms with Crippen LogP contribution in [-0.2, 0) is 19.2 Å². The zero-order chi connectivity index (χ0) is 13.6. The number of amides is 4. The van der Waals surface area contributed by atoms with Gasteiger partial charge in [-0.2, -0.15) is 0 Å². The summed E-state index contributed by atoms with van der Waals surface area (Å²) in [5.74, 6) is -1.78. The van der Waals surface area contributed by atoms with Gasteiger partial charge in [-0.3, -0.25) is 29.4 Å². The first kappa shape index (κ1) is 12.3. The van der Waals surface area contributed by atoms with Gasteiger partial charge in [0.25, 0.3) is 0 Å². The van der Waals surface area contributed by atoms with Crippen LogP contribution >= 0.6 is 0 Å². The number of carbonyl (C=O) groups excluding carboxylic acids is 4. The van der Waals surface area contributed by atoms with Crippen molar-refractivity contribution >= 4 is 23.6 Å². The molecule has 0 radical (unpaired) electrons. The number of likely N-dealkylation sites (tertiary alicyclic amines) is 1. The van der Waals surface area contributed by atoms with Gasteiger partial charge < -0.3 is 0 Å². The van der Waals surface area contributed by atoms with Crippen molar-refractivity contribution in [3.05, 3.63) is 0 Å². The van der Waals surface area contributed by atoms with Gasteiger partial charge in [0.2, 0.25) is 23.6 Å². The smallest absolute Gasteiger partial charge is 0.249 e. The second kappa shape index (κ2) is 4.43. The number of nitrogens with zero attached hydrogens (tertiary/aromatic N) is 1. The largest absolute Gasteiger partial charge is 0.295 e. The van der Waals surface area contributed by atoms with Crippen molar-refractivity contribution in [2.45, 2.75) is 44.6 Å². The predicted molar refractivity (Wildman–Crippen MR) is 63.5 cm³/mol. The van der Waals surface area contributed by atoms with E-state index in [0.29, 0.717) is 0 Å². The van der Waals surface area contributed by atoms with Crippen LogP contribution in [0.15, 0.2) is 0 Å². The molecule has 6 heteroatoms. The maximum atomic E-state index is 12.3. The number of fused-ring (bicyclic) bond motifs is 1. The quantitative estimate of drug-likeness (QED) is 0.674. The Bertz CT molecular complexity index is 449. The average molecular weight is 264 g/mol. The van der Waals surface area contributed by atoms with Crippen LogP contribution in [0.25, 0.3) is 0 Å². The van der Waals surface area contributed by atoms with Crippen molar-refractivity contribution in [3.8, 4) is 0 Å². The molecule has 0 spiro atoms. The van der Waals surface area contributed by atoms with Gasteiger partial charge >= 0.3 is 0 Å². The molecule has 3 fully saturated rings. The van der Waals surface area contributed by atoms with E-state index in [1.165, 1.54) is 0 Å². The van der Waals surface area contributed by atoms with E-state index in [4.69, 9.17) is 0 Å². The van der Waals surface area contributed by atoms with E-state index in [1.54, 1.807) is 0 Å². The Morgan fingerprint density at radius 1 is 0.895 bits per heavy atom. The molecule has 102 valence electrons. The van der Waals surface area contributed by atoms with Crippen LogP contribution in [0, 0.1) is 11.8 Å². The number of imide groups is 2. The lowest BCUT2D eigenvalue weighted by Gasteiger charge is -2.28. The number of piperidine rings is 1. The van der Waals surface area contributed by atoms with E-state index in [2.05, 4.69) is 5.32 Å². The Hall–Kier alpha value is -1.72. The molecule has 3 aliphatic rings. The van der Waals surface area contributed by atoms with Crippen LogP contribution in [0.2, 0.25) is 0 Å². The van der Waals surface area contributed by atoms with E-state index >= 15 is 0 Å². The van der Waals surface area contributed by atoms with E-state index in [0.717, 1.165) is 30.6 Å². The van der Waals surface area contributed by atoms with Crippen LogP contribution in [0.3, 0.4) is 0 Å². The van der Waals surface area contributed by atoms with Gasteiger partial charge in [-0.1, -0.05) is 12.8 Å². The summed E-state index contributed by atoms with van der Waals surface area (Å²) in [5, 5.41) is 2.20. The number of carbonyl (C=O) groups is 4. The van der Waals surface area contributed by atoms with Gasteiger partial charge in [-0.05, 0) is 19.3 Å². The lowest BCUT2D eigenvalue weighted by Crippen LogP contribution is -2.54. The van der Waals surface area contributed by atoms with E-state index in [1.807, 2.05) is 0 Å². The third-order valence-electron chi connectivity index (χ3n) is 4.40. The summed E-state index contributed by atoms with van der Waals surface area (Å²) in [6, 6.07) is -0.789. The highest BCUT2D eigenvalue weighted by atomic mass is 16.2. The van der Waals surface area contributed by atoms with Crippen molar-refractivity contribution in [2.24, 2.45) is 11.8 Å². The molecule has 0 aromatic heterocycles. The number of nitrogens with one attached hydrogen (secondary N) is 1. The first-order chi connectivity index (χ1) is 9.09. The lowest BCUT2D eigenvalue weighted by atomic mass is 9.81. The van der Waals surface area contributed by atoms with Crippen LogP contribution in [0.1, 0.15) is 38.5 Å². The summed E-state index contributed by atoms with van der Waals surface area (Å²) in [5.41, 5.74) is 0. The monoisotopic (exact) mass is 264 g/mol. The van der Waals surface area contributed by atoms with Crippen LogP contribution in [0.5, 0.6) is 0 Å². The molecule has 1 aliphatic carbocycles. The Labute approximate surface area is 110 Å². The van der Waals surface area contributed by atoms with Crippen LogP contribution < -0.4 is 5.32 Å². The first-order valence-electron chi connectivity index (χ1n) is 6.80. The van der Waals surface area contributed by atoms with Gasteiger partial charge in [0.1, 0.15) is 6.04 Å². The van der Waals surface area contributed by atoms with Crippen LogP contribution in [-0.4, -0.2) is 34.6 Å². The minimum absolute atomic E-state index is 0.183. The molecular weight excluding hydrogens is 248 g/mol. The number of hydrogen-bond acceptors (Lipinski definition) is 4. The maximum absolute atomic E-state index is 12.3. The summed E-state index contributed by atoms with van der Waals surface area (Å²) in [6.45, 7) is 0. The second-order valence-electron chi connectivity index (χ2n) is 5.51. The minimum atomic E-state index is -0.789. The fourth-order valence-corrected chi connectivity index (χ4v) is 3.42. The first-order valence-corrected chi connectivity index (χ1v) is 6.80. The Morgan fingerprint density at radius 2 is 1.47 bits per heavy atom. The molecule has 0 aromatic rings. The summed E-state index contributed by atoms with van der Waals surface area (Å²) in [6.07, 6.45) is 3.83. The van der Waals surface area contributed by atoms with Gasteiger partial charge in [-0.25, -0.2) is 0 Å². The summed E-state index contributed by atoms with van der Waals surface area (Å²) < 4.78 is 0. The minimum Gasteiger partial charge on any atom is -0.295 e. The van der Waals surface area contributed by atoms with Crippen molar-refractivity contribution < 1.29 is 19.2 Å². The molecule has 19 heavy (non-hydrogen) atoms. The second-order valence-corrected chi connectivity index (χ2v) is 5.51. The summed E-state index contributed by atoms with van der Waals surface area (Å²) >= 11 is 0. The fraction of sp³-hybridized carbons (Fsp3) is 0.692. The van der Waals surface area contributed by atoms with Crippen molar-refractivity contribution in [1.82, 2.24) is 10.2 Å². The zero-order valence-electron chi connectivity index (χ0n) is 10.6. The van der Waals surface area contributed by atoms with Gasteiger partial charge in [0, 0.05) is 6.42 Å². The molecular formula is C13H16N2O4. The molecule has 4 amide bonds. The molecule has 1 N–H and O–H groups in total. The molecule has 3 atom stereocenters. The highest BCUT2D eigenvalue weighted by Crippen LogP contribution is 2.39. The third kappa shape index (κ3) is 1.86. The van der Waals surface area contributed by atoms with Crippen molar-refractivity contribution in [2.75, 3.05) is 0 Å². The zero-order valence-corrected chi connectivity index (χ0v) is 10.6. The SMILES string of the molecule is O=C1CC[C@@H](N2C(=O)[C@H]3CCCC[C@H]3C2=O)C(=O)N1. The molecule has 2 heterocycles. The molecule has 3 rings (SSSR count). The lowest BCUT2D eigenvalue weighted by molar-refractivity contribution is -0.151. The topological polar surface area (TPSA) is 83.6 Å². The summed E-state index contributed by atoms with van der Waals surface area (Å²) in [4.78, 5) is 48.7. The van der Waals surface area contributed by atoms with E-state index < -0.39 is 11.9 Å².